The molecule has 1 N–H and O–H groups in total. The van der Waals surface area contributed by atoms with Crippen molar-refractivity contribution in [2.45, 2.75) is 39.5 Å². The second-order valence-electron chi connectivity index (χ2n) is 5.95. The highest BCUT2D eigenvalue weighted by Crippen LogP contribution is 2.28. The summed E-state index contributed by atoms with van der Waals surface area (Å²) in [5, 5.41) is 9.71. The number of methoxy groups -OCH3 is 1. The van der Waals surface area contributed by atoms with Crippen molar-refractivity contribution in [1.82, 2.24) is 0 Å². The third kappa shape index (κ3) is 3.92. The Morgan fingerprint density at radius 1 is 1.17 bits per heavy atom. The molecule has 0 saturated carbocycles. The molecule has 0 radical (unpaired) electrons. The number of ether oxygens (including phenoxy) is 1. The van der Waals surface area contributed by atoms with Crippen LogP contribution in [0, 0.1) is 13.8 Å². The molecular weight excluding hydrogens is 288 g/mol. The smallest absolute Gasteiger partial charge is 0.311 e. The van der Waals surface area contributed by atoms with Gasteiger partial charge in [-0.2, -0.15) is 0 Å². The molecule has 1 atom stereocenters. The molecule has 0 amide bonds. The molecule has 1 unspecified atom stereocenters. The minimum atomic E-state index is -0.785. The van der Waals surface area contributed by atoms with E-state index in [1.165, 1.54) is 0 Å². The van der Waals surface area contributed by atoms with E-state index in [0.717, 1.165) is 40.0 Å². The van der Waals surface area contributed by atoms with Crippen LogP contribution in [0.15, 0.2) is 36.4 Å². The van der Waals surface area contributed by atoms with E-state index in [1.807, 2.05) is 44.2 Å². The second-order valence-corrected chi connectivity index (χ2v) is 5.95. The minimum absolute atomic E-state index is 0.483. The fraction of sp³-hybridized carbons (Fsp3) is 0.350. The van der Waals surface area contributed by atoms with Crippen LogP contribution in [0.2, 0.25) is 0 Å². The van der Waals surface area contributed by atoms with Crippen LogP contribution in [0.4, 0.5) is 0 Å². The van der Waals surface area contributed by atoms with Crippen LogP contribution in [-0.2, 0) is 17.6 Å². The van der Waals surface area contributed by atoms with Gasteiger partial charge in [0.2, 0.25) is 0 Å². The molecule has 23 heavy (non-hydrogen) atoms. The van der Waals surface area contributed by atoms with Gasteiger partial charge in [0.05, 0.1) is 13.0 Å². The van der Waals surface area contributed by atoms with Crippen molar-refractivity contribution in [2.75, 3.05) is 7.11 Å². The molecule has 3 nitrogen and oxygen atoms in total. The average Bonchev–Trinajstić information content (AvgIpc) is 2.54. The SMILES string of the molecule is CCc1cc(CC(C(=O)O)c2cc(C)ccc2C)ccc1OC. The van der Waals surface area contributed by atoms with Gasteiger partial charge in [-0.1, -0.05) is 42.8 Å². The molecule has 3 heteroatoms. The molecular formula is C20H24O3. The molecule has 0 heterocycles. The maximum atomic E-state index is 11.8. The number of hydrogen-bond acceptors (Lipinski definition) is 2. The van der Waals surface area contributed by atoms with Crippen LogP contribution >= 0.6 is 0 Å². The molecule has 0 bridgehead atoms. The van der Waals surface area contributed by atoms with Crippen LogP contribution in [0.25, 0.3) is 0 Å². The summed E-state index contributed by atoms with van der Waals surface area (Å²) in [6.45, 7) is 6.03. The Morgan fingerprint density at radius 3 is 2.52 bits per heavy atom. The Labute approximate surface area is 137 Å². The predicted molar refractivity (Wildman–Crippen MR) is 92.4 cm³/mol. The second kappa shape index (κ2) is 7.32. The van der Waals surface area contributed by atoms with E-state index in [-0.39, 0.29) is 0 Å². The molecule has 0 aliphatic heterocycles. The van der Waals surface area contributed by atoms with E-state index in [2.05, 4.69) is 13.0 Å². The van der Waals surface area contributed by atoms with Crippen molar-refractivity contribution in [3.63, 3.8) is 0 Å². The first-order valence-corrected chi connectivity index (χ1v) is 7.92. The minimum Gasteiger partial charge on any atom is -0.496 e. The lowest BCUT2D eigenvalue weighted by molar-refractivity contribution is -0.138. The summed E-state index contributed by atoms with van der Waals surface area (Å²) < 4.78 is 5.35. The monoisotopic (exact) mass is 312 g/mol. The number of carboxylic acids is 1. The maximum absolute atomic E-state index is 11.8. The topological polar surface area (TPSA) is 46.5 Å². The van der Waals surface area contributed by atoms with Gasteiger partial charge < -0.3 is 9.84 Å². The van der Waals surface area contributed by atoms with Gasteiger partial charge in [0.1, 0.15) is 5.75 Å². The summed E-state index contributed by atoms with van der Waals surface area (Å²) >= 11 is 0. The predicted octanol–water partition coefficient (Wildman–Crippen LogP) is 4.29. The maximum Gasteiger partial charge on any atom is 0.311 e. The fourth-order valence-corrected chi connectivity index (χ4v) is 2.94. The molecule has 0 aromatic heterocycles. The molecule has 0 fully saturated rings. The van der Waals surface area contributed by atoms with Gasteiger partial charge >= 0.3 is 5.97 Å². The van der Waals surface area contributed by atoms with E-state index in [4.69, 9.17) is 4.74 Å². The van der Waals surface area contributed by atoms with Crippen molar-refractivity contribution in [3.8, 4) is 5.75 Å². The zero-order valence-corrected chi connectivity index (χ0v) is 14.2. The molecule has 2 aromatic rings. The molecule has 2 rings (SSSR count). The first-order valence-electron chi connectivity index (χ1n) is 7.92. The number of carbonyl (C=O) groups is 1. The lowest BCUT2D eigenvalue weighted by atomic mass is 9.87. The zero-order chi connectivity index (χ0) is 17.0. The third-order valence-corrected chi connectivity index (χ3v) is 4.27. The Morgan fingerprint density at radius 2 is 1.91 bits per heavy atom. The molecule has 122 valence electrons. The lowest BCUT2D eigenvalue weighted by Gasteiger charge is -2.17. The quantitative estimate of drug-likeness (QED) is 0.865. The van der Waals surface area contributed by atoms with Crippen LogP contribution in [0.1, 0.15) is 40.7 Å². The van der Waals surface area contributed by atoms with Gasteiger partial charge in [0.15, 0.2) is 0 Å². The van der Waals surface area contributed by atoms with E-state index in [9.17, 15) is 9.90 Å². The molecule has 2 aromatic carbocycles. The normalized spacial score (nSPS) is 12.0. The number of aryl methyl sites for hydroxylation is 3. The van der Waals surface area contributed by atoms with E-state index in [0.29, 0.717) is 6.42 Å². The third-order valence-electron chi connectivity index (χ3n) is 4.27. The summed E-state index contributed by atoms with van der Waals surface area (Å²) in [7, 11) is 1.66. The van der Waals surface area contributed by atoms with Gasteiger partial charge in [0.25, 0.3) is 0 Å². The highest BCUT2D eigenvalue weighted by molar-refractivity contribution is 5.77. The number of hydrogen-bond donors (Lipinski definition) is 1. The zero-order valence-electron chi connectivity index (χ0n) is 14.2. The number of benzene rings is 2. The summed E-state index contributed by atoms with van der Waals surface area (Å²) in [5.74, 6) is -0.463. The largest absolute Gasteiger partial charge is 0.496 e. The molecule has 0 spiro atoms. The molecule has 0 saturated heterocycles. The van der Waals surface area contributed by atoms with Crippen molar-refractivity contribution in [2.24, 2.45) is 0 Å². The van der Waals surface area contributed by atoms with Crippen molar-refractivity contribution in [1.29, 1.82) is 0 Å². The lowest BCUT2D eigenvalue weighted by Crippen LogP contribution is -2.16. The van der Waals surface area contributed by atoms with Gasteiger partial charge in [-0.05, 0) is 55.0 Å². The summed E-state index contributed by atoms with van der Waals surface area (Å²) in [6, 6.07) is 11.9. The standard InChI is InChI=1S/C20H24O3/c1-5-16-11-15(8-9-19(16)23-4)12-18(20(21)22)17-10-13(2)6-7-14(17)3/h6-11,18H,5,12H2,1-4H3,(H,21,22). The van der Waals surface area contributed by atoms with Crippen LogP contribution < -0.4 is 4.74 Å². The fourth-order valence-electron chi connectivity index (χ4n) is 2.94. The average molecular weight is 312 g/mol. The van der Waals surface area contributed by atoms with Crippen molar-refractivity contribution in [3.05, 3.63) is 64.2 Å². The van der Waals surface area contributed by atoms with E-state index in [1.54, 1.807) is 7.11 Å². The van der Waals surface area contributed by atoms with Gasteiger partial charge in [-0.15, -0.1) is 0 Å². The van der Waals surface area contributed by atoms with Gasteiger partial charge in [-0.25, -0.2) is 0 Å². The number of carboxylic acid groups (broad SMARTS) is 1. The Bertz CT molecular complexity index is 704. The Balaban J connectivity index is 2.37. The molecule has 0 aliphatic carbocycles. The summed E-state index contributed by atoms with van der Waals surface area (Å²) in [4.78, 5) is 11.8. The van der Waals surface area contributed by atoms with Crippen molar-refractivity contribution < 1.29 is 14.6 Å². The van der Waals surface area contributed by atoms with Gasteiger partial charge in [0, 0.05) is 0 Å². The highest BCUT2D eigenvalue weighted by atomic mass is 16.5. The first kappa shape index (κ1) is 17.1. The highest BCUT2D eigenvalue weighted by Gasteiger charge is 2.22. The van der Waals surface area contributed by atoms with Crippen LogP contribution in [-0.4, -0.2) is 18.2 Å². The molecule has 0 aliphatic rings. The van der Waals surface area contributed by atoms with E-state index >= 15 is 0 Å². The number of rotatable bonds is 6. The Hall–Kier alpha value is -2.29. The van der Waals surface area contributed by atoms with Crippen LogP contribution in [0.3, 0.4) is 0 Å². The van der Waals surface area contributed by atoms with E-state index < -0.39 is 11.9 Å². The summed E-state index contributed by atoms with van der Waals surface area (Å²) in [5.41, 5.74) is 5.13. The summed E-state index contributed by atoms with van der Waals surface area (Å²) in [6.07, 6.45) is 1.34. The van der Waals surface area contributed by atoms with Crippen LogP contribution in [0.5, 0.6) is 5.75 Å². The Kier molecular flexibility index (Phi) is 5.43. The van der Waals surface area contributed by atoms with Crippen molar-refractivity contribution >= 4 is 5.97 Å². The first-order chi connectivity index (χ1) is 11.0. The van der Waals surface area contributed by atoms with Gasteiger partial charge in [-0.3, -0.25) is 4.79 Å². The number of aliphatic carboxylic acids is 1.